The van der Waals surface area contributed by atoms with Crippen LogP contribution >= 0.6 is 0 Å². The molecule has 0 saturated carbocycles. The molecule has 1 fully saturated rings. The summed E-state index contributed by atoms with van der Waals surface area (Å²) in [5.41, 5.74) is 4.02. The number of rotatable bonds is 8. The predicted octanol–water partition coefficient (Wildman–Crippen LogP) is 6.63. The molecule has 1 saturated heterocycles. The summed E-state index contributed by atoms with van der Waals surface area (Å²) in [5, 5.41) is 10.2. The second-order valence-electron chi connectivity index (χ2n) is 10.7. The van der Waals surface area contributed by atoms with Crippen molar-refractivity contribution in [3.05, 3.63) is 95.1 Å². The average Bonchev–Trinajstić information content (AvgIpc) is 2.88. The van der Waals surface area contributed by atoms with Gasteiger partial charge >= 0.3 is 5.97 Å². The van der Waals surface area contributed by atoms with Crippen LogP contribution < -0.4 is 9.47 Å². The van der Waals surface area contributed by atoms with E-state index in [4.69, 9.17) is 14.2 Å². The van der Waals surface area contributed by atoms with E-state index >= 15 is 0 Å². The van der Waals surface area contributed by atoms with Gasteiger partial charge in [-0.3, -0.25) is 4.79 Å². The molecule has 0 aliphatic carbocycles. The van der Waals surface area contributed by atoms with E-state index in [9.17, 15) is 9.90 Å². The van der Waals surface area contributed by atoms with Crippen LogP contribution in [0.1, 0.15) is 62.0 Å². The highest BCUT2D eigenvalue weighted by atomic mass is 16.5. The molecule has 2 aliphatic rings. The van der Waals surface area contributed by atoms with Crippen molar-refractivity contribution < 1.29 is 24.1 Å². The van der Waals surface area contributed by atoms with Crippen molar-refractivity contribution in [2.45, 2.75) is 64.3 Å². The highest BCUT2D eigenvalue weighted by Crippen LogP contribution is 2.52. The zero-order valence-electron chi connectivity index (χ0n) is 21.9. The minimum Gasteiger partial charge on any atom is -0.494 e. The maximum absolute atomic E-state index is 12.4. The van der Waals surface area contributed by atoms with Crippen LogP contribution in [0.25, 0.3) is 0 Å². The Hall–Kier alpha value is -3.31. The topological polar surface area (TPSA) is 65.0 Å². The van der Waals surface area contributed by atoms with Crippen LogP contribution in [0, 0.1) is 11.8 Å². The maximum Gasteiger partial charge on any atom is 0.309 e. The first-order valence-corrected chi connectivity index (χ1v) is 13.3. The third-order valence-corrected chi connectivity index (χ3v) is 7.83. The number of ether oxygens (including phenoxy) is 3. The fraction of sp³-hybridized carbons (Fsp3) is 0.406. The van der Waals surface area contributed by atoms with Gasteiger partial charge in [-0.15, -0.1) is 0 Å². The van der Waals surface area contributed by atoms with Gasteiger partial charge in [0.05, 0.1) is 24.7 Å². The van der Waals surface area contributed by atoms with E-state index in [-0.39, 0.29) is 12.0 Å². The molecular weight excluding hydrogens is 464 g/mol. The molecule has 37 heavy (non-hydrogen) atoms. The Kier molecular flexibility index (Phi) is 7.25. The third-order valence-electron chi connectivity index (χ3n) is 7.83. The molecule has 2 aliphatic heterocycles. The zero-order chi connectivity index (χ0) is 26.0. The largest absolute Gasteiger partial charge is 0.494 e. The predicted molar refractivity (Wildman–Crippen MR) is 143 cm³/mol. The lowest BCUT2D eigenvalue weighted by molar-refractivity contribution is -0.188. The molecule has 3 aromatic carbocycles. The summed E-state index contributed by atoms with van der Waals surface area (Å²) in [7, 11) is 0. The number of para-hydroxylation sites is 1. The first-order valence-electron chi connectivity index (χ1n) is 13.3. The molecule has 0 spiro atoms. The van der Waals surface area contributed by atoms with Gasteiger partial charge in [-0.2, -0.15) is 0 Å². The molecule has 0 aromatic heterocycles. The summed E-state index contributed by atoms with van der Waals surface area (Å²) in [5.74, 6) is 0.240. The Morgan fingerprint density at radius 1 is 1.03 bits per heavy atom. The molecule has 0 bridgehead atoms. The monoisotopic (exact) mass is 500 g/mol. The number of fused-ring (bicyclic) bond motifs is 3. The van der Waals surface area contributed by atoms with Crippen molar-refractivity contribution in [2.75, 3.05) is 6.61 Å². The Labute approximate surface area is 219 Å². The Balaban J connectivity index is 1.43. The highest BCUT2D eigenvalue weighted by Gasteiger charge is 2.52. The van der Waals surface area contributed by atoms with E-state index in [1.807, 2.05) is 51.1 Å². The number of hydrogen-bond donors (Lipinski definition) is 1. The van der Waals surface area contributed by atoms with Crippen LogP contribution in [0.2, 0.25) is 0 Å². The molecule has 0 amide bonds. The lowest BCUT2D eigenvalue weighted by Crippen LogP contribution is -2.52. The summed E-state index contributed by atoms with van der Waals surface area (Å²) >= 11 is 0. The van der Waals surface area contributed by atoms with Crippen molar-refractivity contribution in [3.63, 3.8) is 0 Å². The van der Waals surface area contributed by atoms with Crippen molar-refractivity contribution in [2.24, 2.45) is 11.8 Å². The molecule has 194 valence electrons. The molecule has 0 radical (unpaired) electrons. The third kappa shape index (κ3) is 5.37. The van der Waals surface area contributed by atoms with E-state index in [1.165, 1.54) is 11.1 Å². The van der Waals surface area contributed by atoms with E-state index < -0.39 is 23.6 Å². The van der Waals surface area contributed by atoms with Gasteiger partial charge in [0.1, 0.15) is 17.1 Å². The van der Waals surface area contributed by atoms with Crippen LogP contribution in [0.5, 0.6) is 11.5 Å². The van der Waals surface area contributed by atoms with Crippen LogP contribution in [-0.2, 0) is 22.4 Å². The number of hydrogen-bond acceptors (Lipinski definition) is 4. The Morgan fingerprint density at radius 2 is 1.78 bits per heavy atom. The van der Waals surface area contributed by atoms with Crippen LogP contribution in [0.15, 0.2) is 72.8 Å². The standard InChI is InChI=1S/C32H36O5/c1-4-35-27-13-9-8-12-23(27)15-17-28-25(31(33)34)20-26-30(36-28)24-19-22(18-21-10-6-5-7-11-21)14-16-29(24)37-32(26,2)3/h5-14,16,19,25-26,28,30H,4,15,17-18,20H2,1-3H3,(H,33,34)/t25-,26-,28-,30+/m0/s1. The Bertz CT molecular complexity index is 1230. The van der Waals surface area contributed by atoms with Gasteiger partial charge in [0, 0.05) is 11.5 Å². The first kappa shape index (κ1) is 25.3. The summed E-state index contributed by atoms with van der Waals surface area (Å²) in [4.78, 5) is 12.4. The van der Waals surface area contributed by atoms with Gasteiger partial charge in [-0.25, -0.2) is 0 Å². The van der Waals surface area contributed by atoms with Gasteiger partial charge < -0.3 is 19.3 Å². The normalized spacial score (nSPS) is 23.9. The molecule has 5 rings (SSSR count). The molecule has 1 N–H and O–H groups in total. The minimum absolute atomic E-state index is 0.0555. The van der Waals surface area contributed by atoms with Gasteiger partial charge in [-0.05, 0) is 81.3 Å². The SMILES string of the molecule is CCOc1ccccc1CC[C@@H]1O[C@@H]2c3cc(Cc4ccccc4)ccc3OC(C)(C)[C@H]2C[C@@H]1C(=O)O. The number of benzene rings is 3. The smallest absolute Gasteiger partial charge is 0.309 e. The van der Waals surface area contributed by atoms with Gasteiger partial charge in [0.2, 0.25) is 0 Å². The van der Waals surface area contributed by atoms with E-state index in [2.05, 4.69) is 42.5 Å². The van der Waals surface area contributed by atoms with E-state index in [1.54, 1.807) is 0 Å². The molecule has 5 heteroatoms. The minimum atomic E-state index is -0.805. The number of aliphatic carboxylic acids is 1. The summed E-state index contributed by atoms with van der Waals surface area (Å²) in [6, 6.07) is 24.7. The number of aryl methyl sites for hydroxylation is 1. The van der Waals surface area contributed by atoms with E-state index in [0.717, 1.165) is 29.0 Å². The van der Waals surface area contributed by atoms with Crippen molar-refractivity contribution in [3.8, 4) is 11.5 Å². The van der Waals surface area contributed by atoms with Gasteiger partial charge in [-0.1, -0.05) is 54.6 Å². The van der Waals surface area contributed by atoms with E-state index in [0.29, 0.717) is 25.9 Å². The van der Waals surface area contributed by atoms with Crippen molar-refractivity contribution in [1.29, 1.82) is 0 Å². The lowest BCUT2D eigenvalue weighted by Gasteiger charge is -2.50. The quantitative estimate of drug-likeness (QED) is 0.376. The second kappa shape index (κ2) is 10.6. The number of carboxylic acid groups (broad SMARTS) is 1. The summed E-state index contributed by atoms with van der Waals surface area (Å²) < 4.78 is 19.0. The second-order valence-corrected chi connectivity index (χ2v) is 10.7. The van der Waals surface area contributed by atoms with Gasteiger partial charge in [0.25, 0.3) is 0 Å². The van der Waals surface area contributed by atoms with Crippen LogP contribution in [-0.4, -0.2) is 29.4 Å². The molecular formula is C32H36O5. The summed E-state index contributed by atoms with van der Waals surface area (Å²) in [6.45, 7) is 6.66. The van der Waals surface area contributed by atoms with Crippen LogP contribution in [0.4, 0.5) is 0 Å². The lowest BCUT2D eigenvalue weighted by atomic mass is 9.71. The van der Waals surface area contributed by atoms with Gasteiger partial charge in [0.15, 0.2) is 0 Å². The van der Waals surface area contributed by atoms with Crippen molar-refractivity contribution >= 4 is 5.97 Å². The molecule has 4 atom stereocenters. The average molecular weight is 501 g/mol. The van der Waals surface area contributed by atoms with Crippen LogP contribution in [0.3, 0.4) is 0 Å². The highest BCUT2D eigenvalue weighted by molar-refractivity contribution is 5.71. The fourth-order valence-electron chi connectivity index (χ4n) is 5.91. The number of carbonyl (C=O) groups is 1. The molecule has 5 nitrogen and oxygen atoms in total. The summed E-state index contributed by atoms with van der Waals surface area (Å²) in [6.07, 6.45) is 2.05. The maximum atomic E-state index is 12.4. The molecule has 0 unspecified atom stereocenters. The first-order chi connectivity index (χ1) is 17.9. The zero-order valence-corrected chi connectivity index (χ0v) is 21.9. The molecule has 2 heterocycles. The molecule has 3 aromatic rings. The number of carboxylic acids is 1. The Morgan fingerprint density at radius 3 is 2.54 bits per heavy atom. The fourth-order valence-corrected chi connectivity index (χ4v) is 5.91. The van der Waals surface area contributed by atoms with Crippen molar-refractivity contribution in [1.82, 2.24) is 0 Å².